The SMILES string of the molecule is COC(=O)C1=C2Nc3ccccc3[C@H]2n2c(=O)n(-c3ccccc3)c(=O)n2[C@H]1C(=O)OC. The highest BCUT2D eigenvalue weighted by molar-refractivity contribution is 5.99. The number of rotatable bonds is 3. The molecule has 2 aromatic carbocycles. The zero-order valence-corrected chi connectivity index (χ0v) is 17.1. The molecule has 1 aromatic heterocycles. The molecule has 0 saturated carbocycles. The Labute approximate surface area is 180 Å². The van der Waals surface area contributed by atoms with Crippen LogP contribution in [0.2, 0.25) is 0 Å². The second-order valence-corrected chi connectivity index (χ2v) is 7.28. The molecule has 10 heteroatoms. The Morgan fingerprint density at radius 1 is 0.875 bits per heavy atom. The number of para-hydroxylation sites is 2. The van der Waals surface area contributed by atoms with Gasteiger partial charge in [-0.2, -0.15) is 0 Å². The number of hydrogen-bond acceptors (Lipinski definition) is 7. The smallest absolute Gasteiger partial charge is 0.353 e. The van der Waals surface area contributed by atoms with Crippen LogP contribution >= 0.6 is 0 Å². The zero-order chi connectivity index (χ0) is 22.6. The number of aromatic nitrogens is 3. The molecule has 0 aliphatic carbocycles. The minimum Gasteiger partial charge on any atom is -0.467 e. The molecule has 0 radical (unpaired) electrons. The van der Waals surface area contributed by atoms with Crippen molar-refractivity contribution in [3.8, 4) is 5.69 Å². The summed E-state index contributed by atoms with van der Waals surface area (Å²) in [6.45, 7) is 0. The van der Waals surface area contributed by atoms with E-state index >= 15 is 0 Å². The summed E-state index contributed by atoms with van der Waals surface area (Å²) in [5.41, 5.74) is 0.432. The number of fused-ring (bicyclic) bond motifs is 5. The van der Waals surface area contributed by atoms with E-state index in [2.05, 4.69) is 5.32 Å². The molecule has 5 rings (SSSR count). The molecule has 2 atom stereocenters. The van der Waals surface area contributed by atoms with Gasteiger partial charge in [0.25, 0.3) is 0 Å². The lowest BCUT2D eigenvalue weighted by molar-refractivity contribution is -0.147. The van der Waals surface area contributed by atoms with Crippen LogP contribution in [0.15, 0.2) is 75.5 Å². The van der Waals surface area contributed by atoms with E-state index in [0.717, 1.165) is 16.4 Å². The molecule has 162 valence electrons. The van der Waals surface area contributed by atoms with Crippen LogP contribution in [0, 0.1) is 0 Å². The van der Waals surface area contributed by atoms with Gasteiger partial charge >= 0.3 is 23.3 Å². The lowest BCUT2D eigenvalue weighted by Gasteiger charge is -2.30. The van der Waals surface area contributed by atoms with Gasteiger partial charge in [-0.25, -0.2) is 33.1 Å². The molecule has 0 fully saturated rings. The van der Waals surface area contributed by atoms with Crippen LogP contribution in [-0.2, 0) is 19.1 Å². The van der Waals surface area contributed by atoms with Crippen molar-refractivity contribution in [2.75, 3.05) is 19.5 Å². The van der Waals surface area contributed by atoms with Crippen LogP contribution in [0.25, 0.3) is 5.69 Å². The topological polar surface area (TPSA) is 114 Å². The molecule has 0 bridgehead atoms. The summed E-state index contributed by atoms with van der Waals surface area (Å²) in [5, 5.41) is 3.13. The highest BCUT2D eigenvalue weighted by Gasteiger charge is 2.48. The van der Waals surface area contributed by atoms with Gasteiger partial charge in [-0.05, 0) is 18.2 Å². The predicted octanol–water partition coefficient (Wildman–Crippen LogP) is 0.970. The molecule has 3 heterocycles. The van der Waals surface area contributed by atoms with Crippen molar-refractivity contribution in [3.05, 3.63) is 92.4 Å². The first-order valence-electron chi connectivity index (χ1n) is 9.77. The van der Waals surface area contributed by atoms with E-state index in [1.54, 1.807) is 54.6 Å². The minimum atomic E-state index is -1.51. The van der Waals surface area contributed by atoms with Crippen molar-refractivity contribution in [2.24, 2.45) is 0 Å². The van der Waals surface area contributed by atoms with Gasteiger partial charge in [-0.1, -0.05) is 36.4 Å². The third-order valence-electron chi connectivity index (χ3n) is 5.70. The first-order chi connectivity index (χ1) is 15.5. The Kier molecular flexibility index (Phi) is 4.36. The summed E-state index contributed by atoms with van der Waals surface area (Å²) in [6.07, 6.45) is 0. The third kappa shape index (κ3) is 2.52. The lowest BCUT2D eigenvalue weighted by Crippen LogP contribution is -2.44. The first-order valence-corrected chi connectivity index (χ1v) is 9.77. The number of nitrogens with zero attached hydrogens (tertiary/aromatic N) is 3. The minimum absolute atomic E-state index is 0.0899. The van der Waals surface area contributed by atoms with E-state index in [1.807, 2.05) is 0 Å². The van der Waals surface area contributed by atoms with E-state index in [0.29, 0.717) is 22.6 Å². The van der Waals surface area contributed by atoms with Crippen molar-refractivity contribution in [1.29, 1.82) is 0 Å². The van der Waals surface area contributed by atoms with Crippen molar-refractivity contribution in [1.82, 2.24) is 13.9 Å². The number of carbonyl (C=O) groups excluding carboxylic acids is 2. The maximum atomic E-state index is 13.6. The highest BCUT2D eigenvalue weighted by Crippen LogP contribution is 2.45. The Morgan fingerprint density at radius 2 is 1.53 bits per heavy atom. The third-order valence-corrected chi connectivity index (χ3v) is 5.70. The van der Waals surface area contributed by atoms with E-state index in [1.165, 1.54) is 11.8 Å². The Hall–Kier alpha value is -4.34. The monoisotopic (exact) mass is 434 g/mol. The van der Waals surface area contributed by atoms with E-state index in [4.69, 9.17) is 9.47 Å². The number of benzene rings is 2. The second-order valence-electron chi connectivity index (χ2n) is 7.28. The largest absolute Gasteiger partial charge is 0.467 e. The normalized spacial score (nSPS) is 18.3. The molecule has 3 aromatic rings. The van der Waals surface area contributed by atoms with Gasteiger partial charge in [0.1, 0.15) is 6.04 Å². The van der Waals surface area contributed by atoms with E-state index in [9.17, 15) is 19.2 Å². The highest BCUT2D eigenvalue weighted by atomic mass is 16.5. The van der Waals surface area contributed by atoms with Crippen LogP contribution in [-0.4, -0.2) is 40.1 Å². The van der Waals surface area contributed by atoms with Crippen molar-refractivity contribution in [3.63, 3.8) is 0 Å². The molecule has 10 nitrogen and oxygen atoms in total. The van der Waals surface area contributed by atoms with Gasteiger partial charge in [-0.15, -0.1) is 0 Å². The summed E-state index contributed by atoms with van der Waals surface area (Å²) >= 11 is 0. The fourth-order valence-electron chi connectivity index (χ4n) is 4.36. The molecular formula is C22H18N4O6. The van der Waals surface area contributed by atoms with E-state index < -0.39 is 35.4 Å². The number of hydrogen-bond donors (Lipinski definition) is 1. The van der Waals surface area contributed by atoms with Gasteiger partial charge in [-0.3, -0.25) is 0 Å². The van der Waals surface area contributed by atoms with Gasteiger partial charge in [0, 0.05) is 11.3 Å². The van der Waals surface area contributed by atoms with Crippen LogP contribution in [0.3, 0.4) is 0 Å². The average molecular weight is 434 g/mol. The van der Waals surface area contributed by atoms with Gasteiger partial charge in [0.15, 0.2) is 6.04 Å². The average Bonchev–Trinajstić information content (AvgIpc) is 3.32. The van der Waals surface area contributed by atoms with Gasteiger partial charge in [0.05, 0.1) is 31.2 Å². The zero-order valence-electron chi connectivity index (χ0n) is 17.1. The van der Waals surface area contributed by atoms with Crippen molar-refractivity contribution in [2.45, 2.75) is 12.1 Å². The summed E-state index contributed by atoms with van der Waals surface area (Å²) in [5.74, 6) is -1.69. The Bertz CT molecular complexity index is 1410. The summed E-state index contributed by atoms with van der Waals surface area (Å²) in [7, 11) is 2.33. The molecule has 2 aliphatic rings. The summed E-state index contributed by atoms with van der Waals surface area (Å²) in [4.78, 5) is 52.8. The van der Waals surface area contributed by atoms with Crippen molar-refractivity contribution < 1.29 is 19.1 Å². The molecule has 32 heavy (non-hydrogen) atoms. The molecule has 0 saturated heterocycles. The van der Waals surface area contributed by atoms with Crippen LogP contribution in [0.4, 0.5) is 5.69 Å². The van der Waals surface area contributed by atoms with E-state index in [-0.39, 0.29) is 5.57 Å². The fourth-order valence-corrected chi connectivity index (χ4v) is 4.36. The number of anilines is 1. The number of carbonyl (C=O) groups is 2. The molecular weight excluding hydrogens is 416 g/mol. The predicted molar refractivity (Wildman–Crippen MR) is 113 cm³/mol. The number of allylic oxidation sites excluding steroid dienone is 1. The maximum absolute atomic E-state index is 13.6. The van der Waals surface area contributed by atoms with Crippen LogP contribution in [0.5, 0.6) is 0 Å². The summed E-state index contributed by atoms with van der Waals surface area (Å²) < 4.78 is 13.0. The number of ether oxygens (including phenoxy) is 2. The first kappa shape index (κ1) is 19.6. The van der Waals surface area contributed by atoms with Crippen LogP contribution < -0.4 is 16.7 Å². The quantitative estimate of drug-likeness (QED) is 0.611. The lowest BCUT2D eigenvalue weighted by atomic mass is 9.96. The molecule has 0 amide bonds. The summed E-state index contributed by atoms with van der Waals surface area (Å²) in [6, 6.07) is 13.2. The molecule has 2 aliphatic heterocycles. The Balaban J connectivity index is 1.91. The number of esters is 2. The van der Waals surface area contributed by atoms with Gasteiger partial charge < -0.3 is 14.8 Å². The fraction of sp³-hybridized carbons (Fsp3) is 0.182. The maximum Gasteiger partial charge on any atom is 0.353 e. The second kappa shape index (κ2) is 7.12. The Morgan fingerprint density at radius 3 is 2.22 bits per heavy atom. The molecule has 0 spiro atoms. The standard InChI is InChI=1S/C22H18N4O6/c1-31-19(27)15-16-17(13-10-6-7-11-14(13)23-16)25-21(29)24(12-8-4-3-5-9-12)22(30)26(25)18(15)20(28)32-2/h3-11,17-18,23H,1-2H3/t17-,18-/m1/s1. The molecule has 0 unspecified atom stereocenters. The van der Waals surface area contributed by atoms with Gasteiger partial charge in [0.2, 0.25) is 0 Å². The number of methoxy groups -OCH3 is 2. The van der Waals surface area contributed by atoms with Crippen molar-refractivity contribution >= 4 is 17.6 Å². The van der Waals surface area contributed by atoms with Crippen LogP contribution in [0.1, 0.15) is 17.6 Å². The number of nitrogens with one attached hydrogen (secondary N) is 1. The molecule has 1 N–H and O–H groups in total.